The van der Waals surface area contributed by atoms with Crippen LogP contribution in [0.2, 0.25) is 0 Å². The van der Waals surface area contributed by atoms with E-state index in [-0.39, 0.29) is 6.61 Å². The molecule has 0 saturated heterocycles. The number of hydrogen-bond acceptors (Lipinski definition) is 7. The van der Waals surface area contributed by atoms with Gasteiger partial charge in [0.1, 0.15) is 0 Å². The fourth-order valence-electron chi connectivity index (χ4n) is 2.45. The number of esters is 2. The fraction of sp³-hybridized carbons (Fsp3) is 0.348. The molecule has 0 aliphatic carbocycles. The van der Waals surface area contributed by atoms with Crippen molar-refractivity contribution in [3.8, 4) is 11.5 Å². The average Bonchev–Trinajstić information content (AvgIpc) is 2.78. The Hall–Kier alpha value is -3.55. The number of ether oxygens (including phenoxy) is 4. The molecule has 0 atom stereocenters. The van der Waals surface area contributed by atoms with Crippen molar-refractivity contribution < 1.29 is 33.3 Å². The first-order chi connectivity index (χ1) is 15.0. The second-order valence-electron chi connectivity index (χ2n) is 6.44. The van der Waals surface area contributed by atoms with E-state index >= 15 is 0 Å². The molecule has 0 saturated carbocycles. The molecule has 2 aromatic rings. The number of hydrogen-bond donors (Lipinski definition) is 1. The van der Waals surface area contributed by atoms with Crippen molar-refractivity contribution in [2.24, 2.45) is 0 Å². The number of carbonyl (C=O) groups excluding carboxylic acids is 3. The molecule has 8 nitrogen and oxygen atoms in total. The van der Waals surface area contributed by atoms with Gasteiger partial charge in [0.05, 0.1) is 18.8 Å². The molecule has 0 fully saturated rings. The third-order valence-corrected chi connectivity index (χ3v) is 3.99. The van der Waals surface area contributed by atoms with Gasteiger partial charge in [-0.1, -0.05) is 25.5 Å². The van der Waals surface area contributed by atoms with Crippen LogP contribution >= 0.6 is 0 Å². The van der Waals surface area contributed by atoms with Crippen molar-refractivity contribution in [3.63, 3.8) is 0 Å². The summed E-state index contributed by atoms with van der Waals surface area (Å²) in [7, 11) is 0. The number of benzene rings is 2. The lowest BCUT2D eigenvalue weighted by atomic mass is 10.2. The summed E-state index contributed by atoms with van der Waals surface area (Å²) in [6, 6.07) is 13.2. The monoisotopic (exact) mass is 429 g/mol. The molecule has 0 spiro atoms. The topological polar surface area (TPSA) is 100 Å². The number of amides is 1. The van der Waals surface area contributed by atoms with Gasteiger partial charge >= 0.3 is 11.9 Å². The molecule has 0 unspecified atom stereocenters. The first-order valence-electron chi connectivity index (χ1n) is 10.1. The van der Waals surface area contributed by atoms with Gasteiger partial charge in [0.25, 0.3) is 5.91 Å². The van der Waals surface area contributed by atoms with Gasteiger partial charge in [0.2, 0.25) is 0 Å². The smallest absolute Gasteiger partial charge is 0.344 e. The van der Waals surface area contributed by atoms with Gasteiger partial charge in [0, 0.05) is 5.69 Å². The van der Waals surface area contributed by atoms with Gasteiger partial charge in [-0.05, 0) is 49.7 Å². The molecular weight excluding hydrogens is 402 g/mol. The molecule has 31 heavy (non-hydrogen) atoms. The van der Waals surface area contributed by atoms with Crippen molar-refractivity contribution in [2.75, 3.05) is 31.7 Å². The Morgan fingerprint density at radius 1 is 0.839 bits per heavy atom. The molecule has 8 heteroatoms. The van der Waals surface area contributed by atoms with E-state index in [1.807, 2.05) is 13.8 Å². The number of carbonyl (C=O) groups is 3. The minimum atomic E-state index is -0.688. The van der Waals surface area contributed by atoms with Gasteiger partial charge in [-0.25, -0.2) is 9.59 Å². The maximum atomic E-state index is 12.0. The largest absolute Gasteiger partial charge is 0.490 e. The van der Waals surface area contributed by atoms with E-state index in [1.165, 1.54) is 0 Å². The first kappa shape index (κ1) is 23.7. The van der Waals surface area contributed by atoms with E-state index in [9.17, 15) is 14.4 Å². The van der Waals surface area contributed by atoms with Gasteiger partial charge in [0.15, 0.2) is 24.7 Å². The molecule has 166 valence electrons. The Morgan fingerprint density at radius 3 is 2.16 bits per heavy atom. The Bertz CT molecular complexity index is 864. The second-order valence-corrected chi connectivity index (χ2v) is 6.44. The normalized spacial score (nSPS) is 10.1. The Labute approximate surface area is 181 Å². The van der Waals surface area contributed by atoms with Crippen LogP contribution in [0.15, 0.2) is 48.5 Å². The molecule has 0 aromatic heterocycles. The molecule has 2 aromatic carbocycles. The van der Waals surface area contributed by atoms with Gasteiger partial charge in [-0.2, -0.15) is 0 Å². The van der Waals surface area contributed by atoms with Crippen LogP contribution in [0, 0.1) is 0 Å². The lowest BCUT2D eigenvalue weighted by Gasteiger charge is -2.11. The zero-order chi connectivity index (χ0) is 22.5. The highest BCUT2D eigenvalue weighted by molar-refractivity contribution is 5.94. The molecular formula is C23H27NO7. The van der Waals surface area contributed by atoms with E-state index in [4.69, 9.17) is 18.9 Å². The molecule has 0 bridgehead atoms. The molecule has 1 amide bonds. The SMILES string of the molecule is CCCCOC(=O)c1ccc(NC(=O)COC(=O)COc2ccccc2OCC)cc1. The molecule has 0 aliphatic rings. The Morgan fingerprint density at radius 2 is 1.52 bits per heavy atom. The molecule has 2 rings (SSSR count). The number of rotatable bonds is 12. The summed E-state index contributed by atoms with van der Waals surface area (Å²) in [6.45, 7) is 3.88. The van der Waals surface area contributed by atoms with Crippen molar-refractivity contribution in [2.45, 2.75) is 26.7 Å². The zero-order valence-corrected chi connectivity index (χ0v) is 17.7. The van der Waals surface area contributed by atoms with Crippen LogP contribution < -0.4 is 14.8 Å². The number of unbranched alkanes of at least 4 members (excludes halogenated alkanes) is 1. The summed E-state index contributed by atoms with van der Waals surface area (Å²) >= 11 is 0. The predicted molar refractivity (Wildman–Crippen MR) is 114 cm³/mol. The predicted octanol–water partition coefficient (Wildman–Crippen LogP) is 3.60. The standard InChI is InChI=1S/C23H27NO7/c1-3-5-14-29-23(27)17-10-12-18(13-11-17)24-21(25)15-31-22(26)16-30-20-9-7-6-8-19(20)28-4-2/h6-13H,3-5,14-16H2,1-2H3,(H,24,25). The molecule has 0 radical (unpaired) electrons. The highest BCUT2D eigenvalue weighted by Crippen LogP contribution is 2.26. The fourth-order valence-corrected chi connectivity index (χ4v) is 2.45. The van der Waals surface area contributed by atoms with Gasteiger partial charge < -0.3 is 24.3 Å². The highest BCUT2D eigenvalue weighted by atomic mass is 16.6. The Kier molecular flexibility index (Phi) is 9.87. The van der Waals surface area contributed by atoms with E-state index in [1.54, 1.807) is 48.5 Å². The maximum absolute atomic E-state index is 12.0. The molecule has 1 N–H and O–H groups in total. The van der Waals surface area contributed by atoms with Crippen LogP contribution in [0.1, 0.15) is 37.0 Å². The minimum absolute atomic E-state index is 0.355. The lowest BCUT2D eigenvalue weighted by Crippen LogP contribution is -2.23. The average molecular weight is 429 g/mol. The second kappa shape index (κ2) is 12.9. The first-order valence-corrected chi connectivity index (χ1v) is 10.1. The van der Waals surface area contributed by atoms with Gasteiger partial charge in [-0.3, -0.25) is 4.79 Å². The van der Waals surface area contributed by atoms with E-state index in [2.05, 4.69) is 5.32 Å². The zero-order valence-electron chi connectivity index (χ0n) is 17.7. The summed E-state index contributed by atoms with van der Waals surface area (Å²) < 4.78 is 20.9. The molecule has 0 heterocycles. The van der Waals surface area contributed by atoms with Crippen LogP contribution in [0.4, 0.5) is 5.69 Å². The third kappa shape index (κ3) is 8.38. The van der Waals surface area contributed by atoms with Crippen LogP contribution in [0.3, 0.4) is 0 Å². The summed E-state index contributed by atoms with van der Waals surface area (Å²) in [6.07, 6.45) is 1.75. The van der Waals surface area contributed by atoms with Crippen LogP contribution in [0.5, 0.6) is 11.5 Å². The van der Waals surface area contributed by atoms with Crippen LogP contribution in [-0.4, -0.2) is 44.3 Å². The molecule has 0 aliphatic heterocycles. The van der Waals surface area contributed by atoms with Crippen molar-refractivity contribution in [3.05, 3.63) is 54.1 Å². The minimum Gasteiger partial charge on any atom is -0.490 e. The number of anilines is 1. The van der Waals surface area contributed by atoms with E-state index < -0.39 is 24.5 Å². The summed E-state index contributed by atoms with van der Waals surface area (Å²) in [5.74, 6) is -0.675. The number of para-hydroxylation sites is 2. The van der Waals surface area contributed by atoms with Crippen molar-refractivity contribution in [1.29, 1.82) is 0 Å². The van der Waals surface area contributed by atoms with E-state index in [0.29, 0.717) is 36.0 Å². The summed E-state index contributed by atoms with van der Waals surface area (Å²) in [5.41, 5.74) is 0.859. The lowest BCUT2D eigenvalue weighted by molar-refractivity contribution is -0.149. The summed E-state index contributed by atoms with van der Waals surface area (Å²) in [5, 5.41) is 2.59. The number of nitrogens with one attached hydrogen (secondary N) is 1. The van der Waals surface area contributed by atoms with Crippen LogP contribution in [0.25, 0.3) is 0 Å². The third-order valence-electron chi connectivity index (χ3n) is 3.99. The van der Waals surface area contributed by atoms with Crippen molar-refractivity contribution >= 4 is 23.5 Å². The Balaban J connectivity index is 1.74. The summed E-state index contributed by atoms with van der Waals surface area (Å²) in [4.78, 5) is 35.7. The van der Waals surface area contributed by atoms with Crippen molar-refractivity contribution in [1.82, 2.24) is 0 Å². The van der Waals surface area contributed by atoms with Gasteiger partial charge in [-0.15, -0.1) is 0 Å². The highest BCUT2D eigenvalue weighted by Gasteiger charge is 2.12. The van der Waals surface area contributed by atoms with Crippen LogP contribution in [-0.2, 0) is 19.1 Å². The maximum Gasteiger partial charge on any atom is 0.344 e. The quantitative estimate of drug-likeness (QED) is 0.406. The van der Waals surface area contributed by atoms with E-state index in [0.717, 1.165) is 12.8 Å².